The average Bonchev–Trinajstić information content (AvgIpc) is 2.47. The van der Waals surface area contributed by atoms with Crippen molar-refractivity contribution in [3.63, 3.8) is 0 Å². The van der Waals surface area contributed by atoms with Gasteiger partial charge >= 0.3 is 0 Å². The van der Waals surface area contributed by atoms with E-state index in [0.29, 0.717) is 17.4 Å². The fourth-order valence-electron chi connectivity index (χ4n) is 2.74. The molecule has 1 aliphatic rings. The maximum Gasteiger partial charge on any atom is 0.254 e. The number of nitrogens with two attached hydrogens (primary N) is 1. The van der Waals surface area contributed by atoms with Gasteiger partial charge in [-0.3, -0.25) is 4.79 Å². The minimum Gasteiger partial charge on any atom is -0.336 e. The molecule has 110 valence electrons. The van der Waals surface area contributed by atoms with Crippen LogP contribution in [0.3, 0.4) is 0 Å². The lowest BCUT2D eigenvalue weighted by Gasteiger charge is -2.33. The fourth-order valence-corrected chi connectivity index (χ4v) is 2.74. The van der Waals surface area contributed by atoms with E-state index in [1.54, 1.807) is 6.07 Å². The Hall–Kier alpha value is -1.62. The van der Waals surface area contributed by atoms with Gasteiger partial charge in [0.1, 0.15) is 5.82 Å². The summed E-state index contributed by atoms with van der Waals surface area (Å²) in [6.07, 6.45) is 5.23. The molecule has 0 spiro atoms. The van der Waals surface area contributed by atoms with E-state index in [1.165, 1.54) is 6.42 Å². The van der Waals surface area contributed by atoms with Crippen molar-refractivity contribution >= 4 is 11.7 Å². The number of nitrogens with one attached hydrogen (secondary N) is 1. The van der Waals surface area contributed by atoms with Gasteiger partial charge in [-0.15, -0.1) is 0 Å². The van der Waals surface area contributed by atoms with Crippen LogP contribution in [0.25, 0.3) is 0 Å². The molecule has 1 atom stereocenters. The number of pyridine rings is 1. The molecule has 0 saturated carbocycles. The van der Waals surface area contributed by atoms with E-state index in [0.717, 1.165) is 37.9 Å². The van der Waals surface area contributed by atoms with Crippen molar-refractivity contribution < 1.29 is 4.79 Å². The molecular weight excluding hydrogens is 252 g/mol. The number of piperidine rings is 1. The second kappa shape index (κ2) is 6.70. The van der Waals surface area contributed by atoms with E-state index in [4.69, 9.17) is 5.84 Å². The summed E-state index contributed by atoms with van der Waals surface area (Å²) in [5.74, 6) is 6.10. The molecule has 1 amide bonds. The standard InChI is InChI=1S/C15H24N4O/c1-3-6-13-9-12(10-14(17-13)18-16)15(20)19-8-5-4-7-11(19)2/h9-11H,3-8,16H2,1-2H3,(H,17,18). The molecule has 1 aromatic rings. The quantitative estimate of drug-likeness (QED) is 0.654. The fraction of sp³-hybridized carbons (Fsp3) is 0.600. The Morgan fingerprint density at radius 2 is 2.30 bits per heavy atom. The molecule has 0 aromatic carbocycles. The molecule has 0 radical (unpaired) electrons. The third-order valence-corrected chi connectivity index (χ3v) is 3.84. The number of anilines is 1. The minimum absolute atomic E-state index is 0.0912. The van der Waals surface area contributed by atoms with Crippen LogP contribution >= 0.6 is 0 Å². The second-order valence-electron chi connectivity index (χ2n) is 5.47. The van der Waals surface area contributed by atoms with Gasteiger partial charge in [0, 0.05) is 23.8 Å². The molecule has 5 heteroatoms. The second-order valence-corrected chi connectivity index (χ2v) is 5.47. The van der Waals surface area contributed by atoms with Gasteiger partial charge < -0.3 is 10.3 Å². The number of amides is 1. The van der Waals surface area contributed by atoms with Crippen LogP contribution in [0.4, 0.5) is 5.82 Å². The van der Waals surface area contributed by atoms with E-state index in [-0.39, 0.29) is 5.91 Å². The van der Waals surface area contributed by atoms with E-state index in [9.17, 15) is 4.79 Å². The summed E-state index contributed by atoms with van der Waals surface area (Å²) in [5.41, 5.74) is 4.15. The number of rotatable bonds is 4. The van der Waals surface area contributed by atoms with Crippen LogP contribution < -0.4 is 11.3 Å². The van der Waals surface area contributed by atoms with Crippen LogP contribution in [0.15, 0.2) is 12.1 Å². The van der Waals surface area contributed by atoms with Crippen LogP contribution in [0.1, 0.15) is 55.6 Å². The molecule has 20 heavy (non-hydrogen) atoms. The lowest BCUT2D eigenvalue weighted by Crippen LogP contribution is -2.42. The van der Waals surface area contributed by atoms with Crippen molar-refractivity contribution in [3.05, 3.63) is 23.4 Å². The summed E-state index contributed by atoms with van der Waals surface area (Å²) in [5, 5.41) is 0. The van der Waals surface area contributed by atoms with Gasteiger partial charge in [-0.1, -0.05) is 13.3 Å². The maximum atomic E-state index is 12.7. The highest BCUT2D eigenvalue weighted by Crippen LogP contribution is 2.21. The van der Waals surface area contributed by atoms with Gasteiger partial charge in [-0.25, -0.2) is 10.8 Å². The zero-order valence-electron chi connectivity index (χ0n) is 12.4. The summed E-state index contributed by atoms with van der Waals surface area (Å²) in [6, 6.07) is 3.95. The first kappa shape index (κ1) is 14.8. The first-order chi connectivity index (χ1) is 9.65. The van der Waals surface area contributed by atoms with E-state index in [1.807, 2.05) is 11.0 Å². The van der Waals surface area contributed by atoms with Gasteiger partial charge in [-0.05, 0) is 44.7 Å². The molecule has 1 aromatic heterocycles. The zero-order chi connectivity index (χ0) is 14.5. The Morgan fingerprint density at radius 3 is 2.95 bits per heavy atom. The van der Waals surface area contributed by atoms with Crippen LogP contribution in [-0.4, -0.2) is 28.4 Å². The first-order valence-corrected chi connectivity index (χ1v) is 7.44. The molecule has 1 saturated heterocycles. The number of aryl methyl sites for hydroxylation is 1. The van der Waals surface area contributed by atoms with Crippen molar-refractivity contribution in [2.45, 2.75) is 52.0 Å². The van der Waals surface area contributed by atoms with Crippen molar-refractivity contribution in [2.24, 2.45) is 5.84 Å². The number of carbonyl (C=O) groups excluding carboxylic acids is 1. The zero-order valence-corrected chi connectivity index (χ0v) is 12.4. The molecule has 2 rings (SSSR count). The van der Waals surface area contributed by atoms with Gasteiger partial charge in [0.05, 0.1) is 0 Å². The Kier molecular flexibility index (Phi) is 4.95. The van der Waals surface area contributed by atoms with E-state index >= 15 is 0 Å². The highest BCUT2D eigenvalue weighted by molar-refractivity contribution is 5.95. The number of likely N-dealkylation sites (tertiary alicyclic amines) is 1. The summed E-state index contributed by atoms with van der Waals surface area (Å²) in [6.45, 7) is 5.06. The van der Waals surface area contributed by atoms with Crippen molar-refractivity contribution in [3.8, 4) is 0 Å². The average molecular weight is 276 g/mol. The van der Waals surface area contributed by atoms with Gasteiger partial charge in [-0.2, -0.15) is 0 Å². The Bertz CT molecular complexity index is 475. The highest BCUT2D eigenvalue weighted by atomic mass is 16.2. The molecular formula is C15H24N4O. The van der Waals surface area contributed by atoms with Crippen LogP contribution in [0, 0.1) is 0 Å². The molecule has 0 aliphatic carbocycles. The third kappa shape index (κ3) is 3.28. The first-order valence-electron chi connectivity index (χ1n) is 7.44. The summed E-state index contributed by atoms with van der Waals surface area (Å²) >= 11 is 0. The lowest BCUT2D eigenvalue weighted by molar-refractivity contribution is 0.0635. The van der Waals surface area contributed by atoms with Crippen LogP contribution in [-0.2, 0) is 6.42 Å². The van der Waals surface area contributed by atoms with Crippen molar-refractivity contribution in [2.75, 3.05) is 12.0 Å². The van der Waals surface area contributed by atoms with Crippen molar-refractivity contribution in [1.82, 2.24) is 9.88 Å². The largest absolute Gasteiger partial charge is 0.336 e. The van der Waals surface area contributed by atoms with E-state index in [2.05, 4.69) is 24.3 Å². The number of hydrazine groups is 1. The van der Waals surface area contributed by atoms with Gasteiger partial charge in [0.2, 0.25) is 0 Å². The topological polar surface area (TPSA) is 71.2 Å². The predicted octanol–water partition coefficient (Wildman–Crippen LogP) is 2.33. The smallest absolute Gasteiger partial charge is 0.254 e. The molecule has 2 heterocycles. The Balaban J connectivity index is 2.25. The van der Waals surface area contributed by atoms with Crippen molar-refractivity contribution in [1.29, 1.82) is 0 Å². The molecule has 1 aliphatic heterocycles. The van der Waals surface area contributed by atoms with Crippen LogP contribution in [0.2, 0.25) is 0 Å². The predicted molar refractivity (Wildman–Crippen MR) is 80.4 cm³/mol. The number of aromatic nitrogens is 1. The molecule has 1 unspecified atom stereocenters. The van der Waals surface area contributed by atoms with Crippen LogP contribution in [0.5, 0.6) is 0 Å². The minimum atomic E-state index is 0.0912. The Labute approximate surface area is 120 Å². The van der Waals surface area contributed by atoms with Gasteiger partial charge in [0.25, 0.3) is 5.91 Å². The number of nitrogen functional groups attached to an aromatic ring is 1. The third-order valence-electron chi connectivity index (χ3n) is 3.84. The molecule has 5 nitrogen and oxygen atoms in total. The number of carbonyl (C=O) groups is 1. The summed E-state index contributed by atoms with van der Waals surface area (Å²) in [7, 11) is 0. The monoisotopic (exact) mass is 276 g/mol. The Morgan fingerprint density at radius 1 is 1.50 bits per heavy atom. The number of hydrogen-bond acceptors (Lipinski definition) is 4. The normalized spacial score (nSPS) is 18.9. The summed E-state index contributed by atoms with van der Waals surface area (Å²) < 4.78 is 0. The van der Waals surface area contributed by atoms with E-state index < -0.39 is 0 Å². The van der Waals surface area contributed by atoms with Gasteiger partial charge in [0.15, 0.2) is 0 Å². The number of nitrogens with zero attached hydrogens (tertiary/aromatic N) is 2. The molecule has 0 bridgehead atoms. The highest BCUT2D eigenvalue weighted by Gasteiger charge is 2.24. The maximum absolute atomic E-state index is 12.7. The molecule has 1 fully saturated rings. The summed E-state index contributed by atoms with van der Waals surface area (Å²) in [4.78, 5) is 19.0. The SMILES string of the molecule is CCCc1cc(C(=O)N2CCCCC2C)cc(NN)n1. The lowest BCUT2D eigenvalue weighted by atomic mass is 10.0. The molecule has 3 N–H and O–H groups in total. The number of hydrogen-bond donors (Lipinski definition) is 2.